The summed E-state index contributed by atoms with van der Waals surface area (Å²) >= 11 is 5.96. The first-order valence-electron chi connectivity index (χ1n) is 5.58. The monoisotopic (exact) mass is 272 g/mol. The Morgan fingerprint density at radius 2 is 2.16 bits per heavy atom. The van der Waals surface area contributed by atoms with Crippen molar-refractivity contribution in [3.63, 3.8) is 0 Å². The van der Waals surface area contributed by atoms with Crippen molar-refractivity contribution < 1.29 is 4.79 Å². The summed E-state index contributed by atoms with van der Waals surface area (Å²) in [5.41, 5.74) is 1.82. The number of nitrogens with zero attached hydrogens (tertiary/aromatic N) is 2. The van der Waals surface area contributed by atoms with E-state index in [2.05, 4.69) is 20.5 Å². The van der Waals surface area contributed by atoms with Crippen molar-refractivity contribution in [2.45, 2.75) is 0 Å². The predicted molar refractivity (Wildman–Crippen MR) is 73.3 cm³/mol. The fourth-order valence-corrected chi connectivity index (χ4v) is 1.89. The molecule has 3 rings (SSSR count). The molecule has 0 aliphatic heterocycles. The summed E-state index contributed by atoms with van der Waals surface area (Å²) < 4.78 is 0. The van der Waals surface area contributed by atoms with E-state index in [4.69, 9.17) is 11.6 Å². The molecule has 0 aliphatic rings. The number of pyridine rings is 1. The number of benzene rings is 1. The van der Waals surface area contributed by atoms with Crippen molar-refractivity contribution in [2.75, 3.05) is 5.32 Å². The van der Waals surface area contributed by atoms with Crippen LogP contribution in [0.25, 0.3) is 10.9 Å². The molecule has 0 radical (unpaired) electrons. The van der Waals surface area contributed by atoms with Gasteiger partial charge in [0.25, 0.3) is 5.91 Å². The Bertz CT molecular complexity index is 753. The standard InChI is InChI=1S/C13H9ClN4O/c14-10-3-4-15-7-12(10)17-13(19)8-1-2-9-6-16-18-11(9)5-8/h1-7H,(H,16,18)(H,17,19). The largest absolute Gasteiger partial charge is 0.319 e. The van der Waals surface area contributed by atoms with Gasteiger partial charge in [-0.1, -0.05) is 17.7 Å². The zero-order valence-corrected chi connectivity index (χ0v) is 10.5. The van der Waals surface area contributed by atoms with Crippen molar-refractivity contribution in [1.29, 1.82) is 0 Å². The second-order valence-electron chi connectivity index (χ2n) is 3.98. The molecule has 0 unspecified atom stereocenters. The van der Waals surface area contributed by atoms with Crippen molar-refractivity contribution in [2.24, 2.45) is 0 Å². The van der Waals surface area contributed by atoms with Crippen LogP contribution in [0.3, 0.4) is 0 Å². The number of carbonyl (C=O) groups excluding carboxylic acids is 1. The van der Waals surface area contributed by atoms with E-state index in [0.29, 0.717) is 16.3 Å². The molecule has 0 aliphatic carbocycles. The first-order chi connectivity index (χ1) is 9.24. The molecule has 0 fully saturated rings. The van der Waals surface area contributed by atoms with E-state index in [9.17, 15) is 4.79 Å². The van der Waals surface area contributed by atoms with Crippen LogP contribution in [0.1, 0.15) is 10.4 Å². The maximum absolute atomic E-state index is 12.1. The van der Waals surface area contributed by atoms with Gasteiger partial charge in [-0.25, -0.2) is 0 Å². The topological polar surface area (TPSA) is 70.7 Å². The average molecular weight is 273 g/mol. The molecule has 0 saturated heterocycles. The first-order valence-corrected chi connectivity index (χ1v) is 5.96. The quantitative estimate of drug-likeness (QED) is 0.753. The SMILES string of the molecule is O=C(Nc1cnccc1Cl)c1ccc2cn[nH]c2c1. The van der Waals surface area contributed by atoms with Gasteiger partial charge in [0, 0.05) is 17.1 Å². The number of aromatic nitrogens is 3. The molecule has 0 saturated carbocycles. The Balaban J connectivity index is 1.89. The second-order valence-corrected chi connectivity index (χ2v) is 4.39. The van der Waals surface area contributed by atoms with E-state index in [0.717, 1.165) is 10.9 Å². The van der Waals surface area contributed by atoms with Gasteiger partial charge in [-0.3, -0.25) is 14.9 Å². The lowest BCUT2D eigenvalue weighted by molar-refractivity contribution is 0.102. The van der Waals surface area contributed by atoms with Crippen LogP contribution in [-0.2, 0) is 0 Å². The Labute approximate surface area is 113 Å². The van der Waals surface area contributed by atoms with Gasteiger partial charge in [0.05, 0.1) is 28.6 Å². The average Bonchev–Trinajstić information content (AvgIpc) is 2.88. The number of H-pyrrole nitrogens is 1. The molecule has 2 aromatic heterocycles. The number of halogens is 1. The lowest BCUT2D eigenvalue weighted by Crippen LogP contribution is -2.12. The molecule has 1 amide bonds. The Hall–Kier alpha value is -2.40. The van der Waals surface area contributed by atoms with Crippen molar-refractivity contribution >= 4 is 34.1 Å². The molecule has 5 nitrogen and oxygen atoms in total. The number of fused-ring (bicyclic) bond motifs is 1. The van der Waals surface area contributed by atoms with Crippen LogP contribution in [0.15, 0.2) is 42.9 Å². The molecule has 2 N–H and O–H groups in total. The van der Waals surface area contributed by atoms with Gasteiger partial charge in [0.1, 0.15) is 0 Å². The van der Waals surface area contributed by atoms with Gasteiger partial charge < -0.3 is 5.32 Å². The summed E-state index contributed by atoms with van der Waals surface area (Å²) in [6, 6.07) is 6.92. The molecule has 0 bridgehead atoms. The first kappa shape index (κ1) is 11.7. The van der Waals surface area contributed by atoms with E-state index in [1.165, 1.54) is 6.20 Å². The molecule has 3 aromatic rings. The highest BCUT2D eigenvalue weighted by molar-refractivity contribution is 6.33. The van der Waals surface area contributed by atoms with E-state index in [-0.39, 0.29) is 5.91 Å². The third-order valence-electron chi connectivity index (χ3n) is 2.72. The van der Waals surface area contributed by atoms with Crippen LogP contribution in [0, 0.1) is 0 Å². The summed E-state index contributed by atoms with van der Waals surface area (Å²) in [6.07, 6.45) is 4.78. The zero-order chi connectivity index (χ0) is 13.2. The van der Waals surface area contributed by atoms with Crippen molar-refractivity contribution in [3.8, 4) is 0 Å². The lowest BCUT2D eigenvalue weighted by atomic mass is 10.1. The van der Waals surface area contributed by atoms with E-state index in [1.807, 2.05) is 6.07 Å². The van der Waals surface area contributed by atoms with Gasteiger partial charge >= 0.3 is 0 Å². The predicted octanol–water partition coefficient (Wildman–Crippen LogP) is 2.86. The van der Waals surface area contributed by atoms with E-state index >= 15 is 0 Å². The summed E-state index contributed by atoms with van der Waals surface area (Å²) in [4.78, 5) is 16.0. The highest BCUT2D eigenvalue weighted by Crippen LogP contribution is 2.20. The normalized spacial score (nSPS) is 10.6. The number of anilines is 1. The van der Waals surface area contributed by atoms with E-state index < -0.39 is 0 Å². The molecule has 6 heteroatoms. The van der Waals surface area contributed by atoms with Crippen LogP contribution in [0.5, 0.6) is 0 Å². The fourth-order valence-electron chi connectivity index (χ4n) is 1.74. The number of aromatic amines is 1. The van der Waals surface area contributed by atoms with Gasteiger partial charge in [-0.2, -0.15) is 5.10 Å². The summed E-state index contributed by atoms with van der Waals surface area (Å²) in [5.74, 6) is -0.244. The highest BCUT2D eigenvalue weighted by Gasteiger charge is 2.09. The van der Waals surface area contributed by atoms with Crippen LogP contribution >= 0.6 is 11.6 Å². The Morgan fingerprint density at radius 3 is 3.00 bits per heavy atom. The molecule has 94 valence electrons. The molecular weight excluding hydrogens is 264 g/mol. The molecule has 0 spiro atoms. The highest BCUT2D eigenvalue weighted by atomic mass is 35.5. The molecule has 1 aromatic carbocycles. The number of nitrogens with one attached hydrogen (secondary N) is 2. The zero-order valence-electron chi connectivity index (χ0n) is 9.72. The van der Waals surface area contributed by atoms with Crippen LogP contribution in [0.4, 0.5) is 5.69 Å². The van der Waals surface area contributed by atoms with Gasteiger partial charge in [-0.05, 0) is 18.2 Å². The number of rotatable bonds is 2. The third kappa shape index (κ3) is 2.28. The number of amides is 1. The molecule has 19 heavy (non-hydrogen) atoms. The van der Waals surface area contributed by atoms with Gasteiger partial charge in [0.2, 0.25) is 0 Å². The van der Waals surface area contributed by atoms with Crippen molar-refractivity contribution in [3.05, 3.63) is 53.4 Å². The van der Waals surface area contributed by atoms with Crippen LogP contribution < -0.4 is 5.32 Å². The third-order valence-corrected chi connectivity index (χ3v) is 3.05. The minimum absolute atomic E-state index is 0.244. The number of hydrogen-bond acceptors (Lipinski definition) is 3. The smallest absolute Gasteiger partial charge is 0.255 e. The summed E-state index contributed by atoms with van der Waals surface area (Å²) in [5, 5.41) is 10.9. The summed E-state index contributed by atoms with van der Waals surface area (Å²) in [7, 11) is 0. The van der Waals surface area contributed by atoms with Crippen LogP contribution in [-0.4, -0.2) is 21.1 Å². The minimum atomic E-state index is -0.244. The van der Waals surface area contributed by atoms with E-state index in [1.54, 1.807) is 30.6 Å². The maximum Gasteiger partial charge on any atom is 0.255 e. The van der Waals surface area contributed by atoms with Crippen molar-refractivity contribution in [1.82, 2.24) is 15.2 Å². The number of hydrogen-bond donors (Lipinski definition) is 2. The minimum Gasteiger partial charge on any atom is -0.319 e. The number of carbonyl (C=O) groups is 1. The maximum atomic E-state index is 12.1. The lowest BCUT2D eigenvalue weighted by Gasteiger charge is -2.06. The second kappa shape index (κ2) is 4.70. The fraction of sp³-hybridized carbons (Fsp3) is 0. The molecule has 0 atom stereocenters. The van der Waals surface area contributed by atoms with Gasteiger partial charge in [-0.15, -0.1) is 0 Å². The van der Waals surface area contributed by atoms with Gasteiger partial charge in [0.15, 0.2) is 0 Å². The van der Waals surface area contributed by atoms with Crippen LogP contribution in [0.2, 0.25) is 5.02 Å². The Kier molecular flexibility index (Phi) is 2.89. The Morgan fingerprint density at radius 1 is 1.26 bits per heavy atom. The summed E-state index contributed by atoms with van der Waals surface area (Å²) in [6.45, 7) is 0. The molecular formula is C13H9ClN4O. The molecule has 2 heterocycles.